The summed E-state index contributed by atoms with van der Waals surface area (Å²) < 4.78 is 23.4. The molecule has 2 aromatic carbocycles. The first-order chi connectivity index (χ1) is 22.4. The second-order valence-electron chi connectivity index (χ2n) is 12.6. The number of hydrogen-bond acceptors (Lipinski definition) is 11. The van der Waals surface area contributed by atoms with Crippen molar-refractivity contribution in [2.24, 2.45) is 11.8 Å². The van der Waals surface area contributed by atoms with Crippen LogP contribution in [0.1, 0.15) is 37.8 Å². The SMILES string of the molecule is COc1ccc(Nc2nc(C)cc(NCCCN3CCCC(COc4cc(N)ccc4OC)C3)n2)cc1OCC1CCCN(C)C1. The summed E-state index contributed by atoms with van der Waals surface area (Å²) in [7, 11) is 5.49. The second kappa shape index (κ2) is 16.6. The fraction of sp³-hybridized carbons (Fsp3) is 0.543. The molecular formula is C35H51N7O4. The molecule has 5 rings (SSSR count). The smallest absolute Gasteiger partial charge is 0.229 e. The highest BCUT2D eigenvalue weighted by molar-refractivity contribution is 5.61. The number of nitrogens with zero attached hydrogens (tertiary/aromatic N) is 4. The van der Waals surface area contributed by atoms with Crippen LogP contribution in [0.15, 0.2) is 42.5 Å². The highest BCUT2D eigenvalue weighted by Gasteiger charge is 2.21. The van der Waals surface area contributed by atoms with Crippen LogP contribution < -0.4 is 35.3 Å². The Balaban J connectivity index is 1.08. The van der Waals surface area contributed by atoms with Gasteiger partial charge in [0.05, 0.1) is 27.4 Å². The summed E-state index contributed by atoms with van der Waals surface area (Å²) in [5.74, 6) is 5.21. The molecule has 0 amide bonds. The molecule has 2 aliphatic rings. The first kappa shape index (κ1) is 33.4. The van der Waals surface area contributed by atoms with Crippen LogP contribution in [-0.2, 0) is 0 Å². The van der Waals surface area contributed by atoms with Gasteiger partial charge in [-0.1, -0.05) is 0 Å². The van der Waals surface area contributed by atoms with Crippen molar-refractivity contribution in [3.63, 3.8) is 0 Å². The van der Waals surface area contributed by atoms with Gasteiger partial charge < -0.3 is 45.1 Å². The fourth-order valence-corrected chi connectivity index (χ4v) is 6.35. The Hall–Kier alpha value is -3.96. The minimum absolute atomic E-state index is 0.476. The van der Waals surface area contributed by atoms with Crippen LogP contribution in [0.2, 0.25) is 0 Å². The molecule has 0 aliphatic carbocycles. The molecular weight excluding hydrogens is 582 g/mol. The molecule has 3 heterocycles. The van der Waals surface area contributed by atoms with Gasteiger partial charge in [0, 0.05) is 66.7 Å². The van der Waals surface area contributed by atoms with Crippen LogP contribution in [0.3, 0.4) is 0 Å². The standard InChI is InChI=1S/C35H51N7O4/c1-25-18-34(37-14-7-17-42-16-6-9-27(22-42)24-45-32-19-28(36)10-12-30(32)43-3)40-35(38-25)39-29-11-13-31(44-4)33(20-29)46-23-26-8-5-15-41(2)21-26/h10-13,18-20,26-27H,5-9,14-17,21-24,36H2,1-4H3,(H2,37,38,39,40). The Kier molecular flexibility index (Phi) is 12.0. The Bertz CT molecular complexity index is 1410. The fourth-order valence-electron chi connectivity index (χ4n) is 6.35. The molecule has 3 aromatic rings. The third kappa shape index (κ3) is 9.77. The van der Waals surface area contributed by atoms with E-state index in [9.17, 15) is 0 Å². The van der Waals surface area contributed by atoms with Crippen LogP contribution in [0, 0.1) is 18.8 Å². The molecule has 2 atom stereocenters. The normalized spacial score (nSPS) is 19.0. The summed E-state index contributed by atoms with van der Waals surface area (Å²) >= 11 is 0. The summed E-state index contributed by atoms with van der Waals surface area (Å²) in [6.07, 6.45) is 5.74. The van der Waals surface area contributed by atoms with Gasteiger partial charge in [-0.2, -0.15) is 4.98 Å². The maximum atomic E-state index is 6.25. The van der Waals surface area contributed by atoms with Crippen molar-refractivity contribution in [1.29, 1.82) is 0 Å². The number of rotatable bonds is 15. The molecule has 11 heteroatoms. The molecule has 1 aromatic heterocycles. The highest BCUT2D eigenvalue weighted by atomic mass is 16.5. The number of anilines is 4. The van der Waals surface area contributed by atoms with E-state index in [2.05, 4.69) is 32.5 Å². The number of piperidine rings is 2. The lowest BCUT2D eigenvalue weighted by Crippen LogP contribution is -2.38. The summed E-state index contributed by atoms with van der Waals surface area (Å²) in [6, 6.07) is 13.3. The van der Waals surface area contributed by atoms with Crippen molar-refractivity contribution in [1.82, 2.24) is 19.8 Å². The van der Waals surface area contributed by atoms with Gasteiger partial charge in [-0.15, -0.1) is 0 Å². The Morgan fingerprint density at radius 2 is 1.54 bits per heavy atom. The number of aryl methyl sites for hydroxylation is 1. The highest BCUT2D eigenvalue weighted by Crippen LogP contribution is 2.33. The minimum Gasteiger partial charge on any atom is -0.493 e. The molecule has 4 N–H and O–H groups in total. The summed E-state index contributed by atoms with van der Waals surface area (Å²) in [5.41, 5.74) is 8.37. The number of nitrogens with one attached hydrogen (secondary N) is 2. The Morgan fingerprint density at radius 3 is 2.28 bits per heavy atom. The van der Waals surface area contributed by atoms with E-state index in [1.165, 1.54) is 19.3 Å². The maximum absolute atomic E-state index is 6.25. The van der Waals surface area contributed by atoms with Gasteiger partial charge in [0.1, 0.15) is 5.82 Å². The number of aromatic nitrogens is 2. The van der Waals surface area contributed by atoms with Gasteiger partial charge in [0.15, 0.2) is 23.0 Å². The molecule has 2 saturated heterocycles. The van der Waals surface area contributed by atoms with Crippen LogP contribution in [-0.4, -0.2) is 93.5 Å². The van der Waals surface area contributed by atoms with Crippen LogP contribution in [0.5, 0.6) is 23.0 Å². The Labute approximate surface area is 273 Å². The number of ether oxygens (including phenoxy) is 4. The van der Waals surface area contributed by atoms with E-state index in [1.54, 1.807) is 14.2 Å². The molecule has 0 spiro atoms. The largest absolute Gasteiger partial charge is 0.493 e. The van der Waals surface area contributed by atoms with E-state index in [1.807, 2.05) is 49.4 Å². The van der Waals surface area contributed by atoms with Gasteiger partial charge in [0.25, 0.3) is 0 Å². The molecule has 2 unspecified atom stereocenters. The van der Waals surface area contributed by atoms with Crippen molar-refractivity contribution in [2.75, 3.05) is 90.1 Å². The van der Waals surface area contributed by atoms with Gasteiger partial charge in [-0.3, -0.25) is 0 Å². The number of nitrogen functional groups attached to an aromatic ring is 1. The number of methoxy groups -OCH3 is 2. The van der Waals surface area contributed by atoms with Crippen LogP contribution in [0.4, 0.5) is 23.1 Å². The molecule has 2 fully saturated rings. The van der Waals surface area contributed by atoms with E-state index >= 15 is 0 Å². The van der Waals surface area contributed by atoms with Crippen LogP contribution in [0.25, 0.3) is 0 Å². The minimum atomic E-state index is 0.476. The van der Waals surface area contributed by atoms with E-state index in [4.69, 9.17) is 29.7 Å². The zero-order valence-corrected chi connectivity index (χ0v) is 27.9. The molecule has 46 heavy (non-hydrogen) atoms. The molecule has 250 valence electrons. The summed E-state index contributed by atoms with van der Waals surface area (Å²) in [6.45, 7) is 9.51. The number of nitrogens with two attached hydrogens (primary N) is 1. The van der Waals surface area contributed by atoms with Gasteiger partial charge in [-0.05, 0) is 90.0 Å². The van der Waals surface area contributed by atoms with Crippen molar-refractivity contribution in [3.8, 4) is 23.0 Å². The number of hydrogen-bond donors (Lipinski definition) is 3. The lowest BCUT2D eigenvalue weighted by atomic mass is 9.99. The molecule has 2 aliphatic heterocycles. The maximum Gasteiger partial charge on any atom is 0.229 e. The number of benzene rings is 2. The van der Waals surface area contributed by atoms with Gasteiger partial charge in [0.2, 0.25) is 5.95 Å². The third-order valence-electron chi connectivity index (χ3n) is 8.69. The zero-order valence-electron chi connectivity index (χ0n) is 27.9. The van der Waals surface area contributed by atoms with Crippen LogP contribution >= 0.6 is 0 Å². The molecule has 0 saturated carbocycles. The van der Waals surface area contributed by atoms with Gasteiger partial charge in [-0.25, -0.2) is 4.98 Å². The average molecular weight is 634 g/mol. The zero-order chi connectivity index (χ0) is 32.3. The van der Waals surface area contributed by atoms with Crippen molar-refractivity contribution < 1.29 is 18.9 Å². The lowest BCUT2D eigenvalue weighted by Gasteiger charge is -2.32. The molecule has 11 nitrogen and oxygen atoms in total. The predicted octanol–water partition coefficient (Wildman–Crippen LogP) is 5.44. The quantitative estimate of drug-likeness (QED) is 0.147. The first-order valence-electron chi connectivity index (χ1n) is 16.5. The van der Waals surface area contributed by atoms with Gasteiger partial charge >= 0.3 is 0 Å². The summed E-state index contributed by atoms with van der Waals surface area (Å²) in [5, 5.41) is 6.86. The molecule has 0 radical (unpaired) electrons. The van der Waals surface area contributed by atoms with Crippen molar-refractivity contribution in [3.05, 3.63) is 48.2 Å². The average Bonchev–Trinajstić information content (AvgIpc) is 3.05. The van der Waals surface area contributed by atoms with E-state index < -0.39 is 0 Å². The topological polar surface area (TPSA) is 119 Å². The van der Waals surface area contributed by atoms with E-state index in [0.717, 1.165) is 80.8 Å². The van der Waals surface area contributed by atoms with Crippen molar-refractivity contribution >= 4 is 23.1 Å². The Morgan fingerprint density at radius 1 is 0.848 bits per heavy atom. The number of likely N-dealkylation sites (tertiary alicyclic amines) is 2. The third-order valence-corrected chi connectivity index (χ3v) is 8.69. The monoisotopic (exact) mass is 633 g/mol. The van der Waals surface area contributed by atoms with E-state index in [0.29, 0.717) is 48.2 Å². The van der Waals surface area contributed by atoms with Crippen molar-refractivity contribution in [2.45, 2.75) is 39.0 Å². The molecule has 0 bridgehead atoms. The van der Waals surface area contributed by atoms with E-state index in [-0.39, 0.29) is 0 Å². The first-order valence-corrected chi connectivity index (χ1v) is 16.5. The predicted molar refractivity (Wildman–Crippen MR) is 184 cm³/mol. The second-order valence-corrected chi connectivity index (χ2v) is 12.6. The lowest BCUT2D eigenvalue weighted by molar-refractivity contribution is 0.128. The summed E-state index contributed by atoms with van der Waals surface area (Å²) in [4.78, 5) is 14.3.